The predicted octanol–water partition coefficient (Wildman–Crippen LogP) is 3.74. The fourth-order valence-electron chi connectivity index (χ4n) is 3.49. The molecule has 1 heteroatoms. The Hall–Kier alpha value is -0.590. The second kappa shape index (κ2) is 3.47. The number of hydrogen-bond acceptors (Lipinski definition) is 1. The Balaban J connectivity index is 2.32. The predicted molar refractivity (Wildman–Crippen MR) is 62.6 cm³/mol. The molecule has 2 bridgehead atoms. The van der Waals surface area contributed by atoms with Crippen LogP contribution in [0.5, 0.6) is 0 Å². The number of allylic oxidation sites excluding steroid dienone is 2. The molecule has 1 nitrogen and oxygen atoms in total. The summed E-state index contributed by atoms with van der Waals surface area (Å²) in [5, 5.41) is 0. The summed E-state index contributed by atoms with van der Waals surface area (Å²) >= 11 is 0. The van der Waals surface area contributed by atoms with Crippen LogP contribution < -0.4 is 0 Å². The molecule has 2 unspecified atom stereocenters. The van der Waals surface area contributed by atoms with Gasteiger partial charge in [-0.25, -0.2) is 0 Å². The van der Waals surface area contributed by atoms with Crippen LogP contribution in [0.25, 0.3) is 0 Å². The van der Waals surface area contributed by atoms with Gasteiger partial charge in [-0.15, -0.1) is 0 Å². The topological polar surface area (TPSA) is 17.1 Å². The van der Waals surface area contributed by atoms with Gasteiger partial charge in [-0.2, -0.15) is 0 Å². The normalized spacial score (nSPS) is 37.3. The molecule has 0 spiro atoms. The maximum Gasteiger partial charge on any atom is 0.143 e. The second-order valence-electron chi connectivity index (χ2n) is 5.72. The summed E-state index contributed by atoms with van der Waals surface area (Å²) in [6, 6.07) is 0. The summed E-state index contributed by atoms with van der Waals surface area (Å²) in [6.45, 7) is 6.77. The first-order chi connectivity index (χ1) is 7.04. The van der Waals surface area contributed by atoms with Gasteiger partial charge in [0.1, 0.15) is 5.78 Å². The maximum absolute atomic E-state index is 12.2. The molecule has 0 aromatic rings. The van der Waals surface area contributed by atoms with Gasteiger partial charge in [-0.1, -0.05) is 45.8 Å². The van der Waals surface area contributed by atoms with Gasteiger partial charge in [-0.05, 0) is 24.2 Å². The molecule has 15 heavy (non-hydrogen) atoms. The van der Waals surface area contributed by atoms with E-state index in [1.807, 2.05) is 0 Å². The highest BCUT2D eigenvalue weighted by molar-refractivity contribution is 5.89. The van der Waals surface area contributed by atoms with E-state index in [0.717, 1.165) is 19.3 Å². The summed E-state index contributed by atoms with van der Waals surface area (Å²) in [5.74, 6) is 1.12. The van der Waals surface area contributed by atoms with Gasteiger partial charge in [0, 0.05) is 6.42 Å². The van der Waals surface area contributed by atoms with Crippen molar-refractivity contribution in [1.29, 1.82) is 0 Å². The van der Waals surface area contributed by atoms with E-state index in [1.165, 1.54) is 12.8 Å². The van der Waals surface area contributed by atoms with Gasteiger partial charge < -0.3 is 0 Å². The van der Waals surface area contributed by atoms with Crippen LogP contribution in [0.1, 0.15) is 52.9 Å². The Labute approximate surface area is 92.9 Å². The number of ketones is 1. The molecule has 84 valence electrons. The van der Waals surface area contributed by atoms with Crippen molar-refractivity contribution in [1.82, 2.24) is 0 Å². The molecule has 1 saturated carbocycles. The molecule has 0 N–H and O–H groups in total. The Morgan fingerprint density at radius 2 is 2.20 bits per heavy atom. The van der Waals surface area contributed by atoms with Crippen LogP contribution in [0, 0.1) is 16.7 Å². The van der Waals surface area contributed by atoms with Gasteiger partial charge in [-0.3, -0.25) is 4.79 Å². The number of carbonyl (C=O) groups excluding carboxylic acids is 1. The standard InChI is InChI=1S/C14H22O/c1-4-5-9-14-10-8-11(13(14,2)3)6-7-12(14)15/h8,10-11H,4-7,9H2,1-3H3. The van der Waals surface area contributed by atoms with E-state index in [1.54, 1.807) is 0 Å². The minimum absolute atomic E-state index is 0.119. The lowest BCUT2D eigenvalue weighted by atomic mass is 9.55. The Morgan fingerprint density at radius 3 is 2.87 bits per heavy atom. The van der Waals surface area contributed by atoms with Crippen molar-refractivity contribution in [3.8, 4) is 0 Å². The summed E-state index contributed by atoms with van der Waals surface area (Å²) in [6.07, 6.45) is 9.82. The number of fused-ring (bicyclic) bond motifs is 2. The molecule has 0 saturated heterocycles. The molecule has 2 aliphatic rings. The van der Waals surface area contributed by atoms with Crippen molar-refractivity contribution in [2.24, 2.45) is 16.7 Å². The van der Waals surface area contributed by atoms with Crippen molar-refractivity contribution in [2.45, 2.75) is 52.9 Å². The van der Waals surface area contributed by atoms with Crippen LogP contribution in [0.15, 0.2) is 12.2 Å². The first kappa shape index (κ1) is 10.9. The third kappa shape index (κ3) is 1.32. The molecule has 1 fully saturated rings. The zero-order valence-electron chi connectivity index (χ0n) is 10.2. The average molecular weight is 206 g/mol. The van der Waals surface area contributed by atoms with E-state index < -0.39 is 0 Å². The largest absolute Gasteiger partial charge is 0.299 e. The quantitative estimate of drug-likeness (QED) is 0.643. The monoisotopic (exact) mass is 206 g/mol. The van der Waals surface area contributed by atoms with E-state index in [9.17, 15) is 4.79 Å². The second-order valence-corrected chi connectivity index (χ2v) is 5.72. The molecule has 0 aromatic carbocycles. The summed E-state index contributed by atoms with van der Waals surface area (Å²) in [4.78, 5) is 12.2. The summed E-state index contributed by atoms with van der Waals surface area (Å²) in [5.41, 5.74) is 0.0451. The van der Waals surface area contributed by atoms with Crippen LogP contribution >= 0.6 is 0 Å². The highest BCUT2D eigenvalue weighted by Crippen LogP contribution is 2.59. The minimum atomic E-state index is -0.119. The molecule has 0 amide bonds. The Kier molecular flexibility index (Phi) is 2.52. The first-order valence-corrected chi connectivity index (χ1v) is 6.27. The van der Waals surface area contributed by atoms with Crippen LogP contribution in [-0.2, 0) is 4.79 Å². The zero-order chi connectivity index (χ0) is 11.1. The van der Waals surface area contributed by atoms with Crippen LogP contribution in [-0.4, -0.2) is 5.78 Å². The Bertz CT molecular complexity index is 300. The van der Waals surface area contributed by atoms with E-state index >= 15 is 0 Å². The molecule has 0 aromatic heterocycles. The molecule has 2 rings (SSSR count). The smallest absolute Gasteiger partial charge is 0.143 e. The first-order valence-electron chi connectivity index (χ1n) is 6.27. The third-order valence-corrected chi connectivity index (χ3v) is 4.79. The average Bonchev–Trinajstić information content (AvgIpc) is 2.34. The number of rotatable bonds is 3. The molecule has 0 radical (unpaired) electrons. The molecular weight excluding hydrogens is 184 g/mol. The van der Waals surface area contributed by atoms with E-state index in [2.05, 4.69) is 32.9 Å². The zero-order valence-corrected chi connectivity index (χ0v) is 10.2. The van der Waals surface area contributed by atoms with Crippen LogP contribution in [0.4, 0.5) is 0 Å². The lowest BCUT2D eigenvalue weighted by Crippen LogP contribution is -2.47. The number of hydrogen-bond donors (Lipinski definition) is 0. The van der Waals surface area contributed by atoms with E-state index in [0.29, 0.717) is 11.7 Å². The summed E-state index contributed by atoms with van der Waals surface area (Å²) in [7, 11) is 0. The highest BCUT2D eigenvalue weighted by Gasteiger charge is 2.57. The van der Waals surface area contributed by atoms with Gasteiger partial charge in [0.15, 0.2) is 0 Å². The van der Waals surface area contributed by atoms with Crippen LogP contribution in [0.2, 0.25) is 0 Å². The number of carbonyl (C=O) groups is 1. The van der Waals surface area contributed by atoms with Crippen LogP contribution in [0.3, 0.4) is 0 Å². The maximum atomic E-state index is 12.2. The van der Waals surface area contributed by atoms with Crippen molar-refractivity contribution in [2.75, 3.05) is 0 Å². The van der Waals surface area contributed by atoms with E-state index in [4.69, 9.17) is 0 Å². The van der Waals surface area contributed by atoms with Crippen molar-refractivity contribution in [3.63, 3.8) is 0 Å². The van der Waals surface area contributed by atoms with Crippen molar-refractivity contribution < 1.29 is 4.79 Å². The van der Waals surface area contributed by atoms with Gasteiger partial charge >= 0.3 is 0 Å². The molecule has 0 heterocycles. The number of unbranched alkanes of at least 4 members (excludes halogenated alkanes) is 1. The third-order valence-electron chi connectivity index (χ3n) is 4.79. The highest BCUT2D eigenvalue weighted by atomic mass is 16.1. The minimum Gasteiger partial charge on any atom is -0.299 e. The van der Waals surface area contributed by atoms with Crippen molar-refractivity contribution >= 4 is 5.78 Å². The lowest BCUT2D eigenvalue weighted by Gasteiger charge is -2.47. The summed E-state index contributed by atoms with van der Waals surface area (Å²) < 4.78 is 0. The lowest BCUT2D eigenvalue weighted by molar-refractivity contribution is -0.137. The SMILES string of the molecule is CCCCC12C=CC(CCC1=O)C2(C)C. The molecule has 2 atom stereocenters. The number of Topliss-reactive ketones (excluding diaryl/α,β-unsaturated/α-hetero) is 1. The molecule has 2 aliphatic carbocycles. The fraction of sp³-hybridized carbons (Fsp3) is 0.786. The van der Waals surface area contributed by atoms with Gasteiger partial charge in [0.2, 0.25) is 0 Å². The van der Waals surface area contributed by atoms with Crippen molar-refractivity contribution in [3.05, 3.63) is 12.2 Å². The van der Waals surface area contributed by atoms with Gasteiger partial charge in [0.05, 0.1) is 5.41 Å². The molecular formula is C14H22O. The van der Waals surface area contributed by atoms with E-state index in [-0.39, 0.29) is 10.8 Å². The molecule has 0 aliphatic heterocycles. The Morgan fingerprint density at radius 1 is 1.47 bits per heavy atom. The fourth-order valence-corrected chi connectivity index (χ4v) is 3.49. The van der Waals surface area contributed by atoms with Gasteiger partial charge in [0.25, 0.3) is 0 Å².